The molecular weight excluding hydrogens is 396 g/mol. The number of carbonyl (C=O) groups is 1. The molecule has 1 aromatic rings. The highest BCUT2D eigenvalue weighted by molar-refractivity contribution is 5.68. The molecule has 2 atom stereocenters. The third-order valence-electron chi connectivity index (χ3n) is 5.50. The second-order valence-corrected chi connectivity index (χ2v) is 7.33. The first-order valence-electron chi connectivity index (χ1n) is 9.14. The number of aliphatic hydroxyl groups is 1. The van der Waals surface area contributed by atoms with Crippen LogP contribution in [0.25, 0.3) is 0 Å². The van der Waals surface area contributed by atoms with Crippen LogP contribution in [0, 0.1) is 17.1 Å². The SMILES string of the molecule is N#Cc1cc(C2COC3(CCN(C(=O)O[C@H](CO)C(F)(F)F)CC3)C2)ccc1F. The highest BCUT2D eigenvalue weighted by Crippen LogP contribution is 2.43. The number of halogens is 4. The summed E-state index contributed by atoms with van der Waals surface area (Å²) >= 11 is 0. The molecule has 3 rings (SSSR count). The summed E-state index contributed by atoms with van der Waals surface area (Å²) in [6, 6.07) is 6.17. The molecule has 1 aromatic carbocycles. The van der Waals surface area contributed by atoms with E-state index in [1.807, 2.05) is 6.07 Å². The average molecular weight is 416 g/mol. The number of nitrogens with zero attached hydrogens (tertiary/aromatic N) is 2. The molecule has 0 bridgehead atoms. The maximum atomic E-state index is 13.5. The average Bonchev–Trinajstić information content (AvgIpc) is 3.09. The zero-order valence-corrected chi connectivity index (χ0v) is 15.4. The summed E-state index contributed by atoms with van der Waals surface area (Å²) in [5, 5.41) is 17.8. The van der Waals surface area contributed by atoms with Crippen LogP contribution < -0.4 is 0 Å². The summed E-state index contributed by atoms with van der Waals surface area (Å²) < 4.78 is 61.8. The maximum absolute atomic E-state index is 13.5. The molecule has 1 spiro atoms. The van der Waals surface area contributed by atoms with E-state index in [9.17, 15) is 22.4 Å². The Bertz CT molecular complexity index is 800. The second-order valence-electron chi connectivity index (χ2n) is 7.33. The minimum atomic E-state index is -4.83. The molecule has 1 unspecified atom stereocenters. The van der Waals surface area contributed by atoms with Crippen molar-refractivity contribution in [3.05, 3.63) is 35.1 Å². The maximum Gasteiger partial charge on any atom is 0.427 e. The van der Waals surface area contributed by atoms with E-state index >= 15 is 0 Å². The highest BCUT2D eigenvalue weighted by atomic mass is 19.4. The number of hydrogen-bond donors (Lipinski definition) is 1. The van der Waals surface area contributed by atoms with Gasteiger partial charge in [0, 0.05) is 19.0 Å². The van der Waals surface area contributed by atoms with Crippen molar-refractivity contribution in [2.45, 2.75) is 43.1 Å². The van der Waals surface area contributed by atoms with Crippen molar-refractivity contribution in [3.63, 3.8) is 0 Å². The minimum Gasteiger partial charge on any atom is -0.434 e. The zero-order chi connectivity index (χ0) is 21.2. The van der Waals surface area contributed by atoms with E-state index in [-0.39, 0.29) is 24.6 Å². The van der Waals surface area contributed by atoms with Gasteiger partial charge in [0.1, 0.15) is 11.9 Å². The minimum absolute atomic E-state index is 0.0369. The molecule has 158 valence electrons. The summed E-state index contributed by atoms with van der Waals surface area (Å²) in [4.78, 5) is 13.2. The fourth-order valence-electron chi connectivity index (χ4n) is 3.79. The third-order valence-corrected chi connectivity index (χ3v) is 5.50. The number of carbonyl (C=O) groups excluding carboxylic acids is 1. The number of amides is 1. The van der Waals surface area contributed by atoms with Crippen LogP contribution in [0.1, 0.15) is 36.3 Å². The van der Waals surface area contributed by atoms with E-state index in [1.165, 1.54) is 17.0 Å². The first kappa shape index (κ1) is 21.3. The molecule has 2 fully saturated rings. The van der Waals surface area contributed by atoms with Gasteiger partial charge >= 0.3 is 12.3 Å². The number of likely N-dealkylation sites (tertiary alicyclic amines) is 1. The van der Waals surface area contributed by atoms with Crippen LogP contribution in [0.3, 0.4) is 0 Å². The molecule has 0 aromatic heterocycles. The molecule has 2 heterocycles. The van der Waals surface area contributed by atoms with Crippen LogP contribution in [0.5, 0.6) is 0 Å². The molecule has 0 aliphatic carbocycles. The number of ether oxygens (including phenoxy) is 2. The second kappa shape index (κ2) is 8.16. The quantitative estimate of drug-likeness (QED) is 0.766. The van der Waals surface area contributed by atoms with Crippen molar-refractivity contribution in [2.75, 3.05) is 26.3 Å². The van der Waals surface area contributed by atoms with Crippen LogP contribution in [-0.4, -0.2) is 60.3 Å². The predicted molar refractivity (Wildman–Crippen MR) is 91.4 cm³/mol. The number of aliphatic hydroxyl groups excluding tert-OH is 1. The molecule has 10 heteroatoms. The summed E-state index contributed by atoms with van der Waals surface area (Å²) in [6.45, 7) is -0.634. The smallest absolute Gasteiger partial charge is 0.427 e. The molecule has 1 amide bonds. The topological polar surface area (TPSA) is 82.8 Å². The van der Waals surface area contributed by atoms with Gasteiger partial charge in [-0.1, -0.05) is 6.07 Å². The lowest BCUT2D eigenvalue weighted by atomic mass is 9.83. The van der Waals surface area contributed by atoms with E-state index < -0.39 is 36.4 Å². The number of hydrogen-bond acceptors (Lipinski definition) is 5. The molecule has 2 saturated heterocycles. The van der Waals surface area contributed by atoms with Gasteiger partial charge in [-0.05, 0) is 37.0 Å². The lowest BCUT2D eigenvalue weighted by molar-refractivity contribution is -0.215. The van der Waals surface area contributed by atoms with Crippen molar-refractivity contribution in [1.82, 2.24) is 4.90 Å². The molecule has 0 radical (unpaired) electrons. The Morgan fingerprint density at radius 3 is 2.69 bits per heavy atom. The summed E-state index contributed by atoms with van der Waals surface area (Å²) in [6.07, 6.45) is -7.07. The van der Waals surface area contributed by atoms with Crippen molar-refractivity contribution in [3.8, 4) is 6.07 Å². The molecule has 6 nitrogen and oxygen atoms in total. The first-order chi connectivity index (χ1) is 13.7. The lowest BCUT2D eigenvalue weighted by Crippen LogP contribution is -2.48. The zero-order valence-electron chi connectivity index (χ0n) is 15.4. The Hall–Kier alpha value is -2.38. The molecule has 29 heavy (non-hydrogen) atoms. The Morgan fingerprint density at radius 1 is 1.41 bits per heavy atom. The van der Waals surface area contributed by atoms with Crippen LogP contribution in [0.4, 0.5) is 22.4 Å². The van der Waals surface area contributed by atoms with Crippen molar-refractivity contribution < 1.29 is 36.9 Å². The monoisotopic (exact) mass is 416 g/mol. The van der Waals surface area contributed by atoms with Crippen LogP contribution in [-0.2, 0) is 9.47 Å². The predicted octanol–water partition coefficient (Wildman–Crippen LogP) is 3.10. The standard InChI is InChI=1S/C19H20F4N2O4/c20-15-2-1-12(7-13(15)9-24)14-8-18(28-11-14)3-5-25(6-4-18)17(27)29-16(10-26)19(21,22)23/h1-2,7,14,16,26H,3-6,8,10-11H2/t14?,16-/m1/s1. The Morgan fingerprint density at radius 2 is 2.10 bits per heavy atom. The van der Waals surface area contributed by atoms with Gasteiger partial charge in [0.25, 0.3) is 0 Å². The molecule has 2 aliphatic rings. The largest absolute Gasteiger partial charge is 0.434 e. The number of piperidine rings is 1. The lowest BCUT2D eigenvalue weighted by Gasteiger charge is -2.38. The molecule has 0 saturated carbocycles. The Balaban J connectivity index is 1.58. The fourth-order valence-corrected chi connectivity index (χ4v) is 3.79. The Labute approximate surface area is 164 Å². The highest BCUT2D eigenvalue weighted by Gasteiger charge is 2.46. The van der Waals surface area contributed by atoms with E-state index in [0.717, 1.165) is 5.56 Å². The van der Waals surface area contributed by atoms with Crippen molar-refractivity contribution in [2.24, 2.45) is 0 Å². The van der Waals surface area contributed by atoms with E-state index in [0.29, 0.717) is 25.9 Å². The summed E-state index contributed by atoms with van der Waals surface area (Å²) in [5.74, 6) is -0.623. The first-order valence-corrected chi connectivity index (χ1v) is 9.14. The van der Waals surface area contributed by atoms with E-state index in [1.54, 1.807) is 6.07 Å². The fraction of sp³-hybridized carbons (Fsp3) is 0.579. The van der Waals surface area contributed by atoms with Gasteiger partial charge in [0.2, 0.25) is 6.10 Å². The van der Waals surface area contributed by atoms with Gasteiger partial charge in [-0.2, -0.15) is 18.4 Å². The third kappa shape index (κ3) is 4.62. The molecule has 1 N–H and O–H groups in total. The molecule has 2 aliphatic heterocycles. The Kier molecular flexibility index (Phi) is 6.00. The van der Waals surface area contributed by atoms with E-state index in [4.69, 9.17) is 15.1 Å². The normalized spacial score (nSPS) is 22.3. The van der Waals surface area contributed by atoms with Crippen LogP contribution in [0.15, 0.2) is 18.2 Å². The summed E-state index contributed by atoms with van der Waals surface area (Å²) in [5.41, 5.74) is 0.227. The number of benzene rings is 1. The van der Waals surface area contributed by atoms with Crippen LogP contribution >= 0.6 is 0 Å². The number of rotatable bonds is 3. The van der Waals surface area contributed by atoms with Gasteiger partial charge in [0.05, 0.1) is 24.4 Å². The van der Waals surface area contributed by atoms with Crippen molar-refractivity contribution in [1.29, 1.82) is 5.26 Å². The van der Waals surface area contributed by atoms with Crippen molar-refractivity contribution >= 4 is 6.09 Å². The number of alkyl halides is 3. The van der Waals surface area contributed by atoms with Crippen LogP contribution in [0.2, 0.25) is 0 Å². The molecular formula is C19H20F4N2O4. The van der Waals surface area contributed by atoms with Gasteiger partial charge in [0.15, 0.2) is 0 Å². The van der Waals surface area contributed by atoms with Gasteiger partial charge in [-0.3, -0.25) is 0 Å². The van der Waals surface area contributed by atoms with E-state index in [2.05, 4.69) is 4.74 Å². The van der Waals surface area contributed by atoms with Gasteiger partial charge in [-0.25, -0.2) is 9.18 Å². The summed E-state index contributed by atoms with van der Waals surface area (Å²) in [7, 11) is 0. The number of nitriles is 1. The van der Waals surface area contributed by atoms with Gasteiger partial charge in [-0.15, -0.1) is 0 Å². The van der Waals surface area contributed by atoms with Gasteiger partial charge < -0.3 is 19.5 Å².